The number of hydrogen-bond acceptors (Lipinski definition) is 6. The highest BCUT2D eigenvalue weighted by Crippen LogP contribution is 2.25. The van der Waals surface area contributed by atoms with Crippen LogP contribution in [-0.4, -0.2) is 11.9 Å². The van der Waals surface area contributed by atoms with Crippen LogP contribution < -0.4 is 9.47 Å². The van der Waals surface area contributed by atoms with E-state index in [9.17, 15) is 9.59 Å². The number of carbonyl (C=O) groups excluding carboxylic acids is 2. The molecule has 0 saturated carbocycles. The lowest BCUT2D eigenvalue weighted by Crippen LogP contribution is -2.00. The predicted octanol–water partition coefficient (Wildman–Crippen LogP) is 4.54. The Kier molecular flexibility index (Phi) is 5.39. The van der Waals surface area contributed by atoms with Crippen molar-refractivity contribution in [1.29, 1.82) is 5.26 Å². The maximum atomic E-state index is 12.5. The van der Waals surface area contributed by atoms with Gasteiger partial charge in [-0.2, -0.15) is 4.99 Å². The maximum absolute atomic E-state index is 12.5. The molecule has 0 spiro atoms. The van der Waals surface area contributed by atoms with Crippen LogP contribution in [0.5, 0.6) is 17.2 Å². The van der Waals surface area contributed by atoms with E-state index in [4.69, 9.17) is 14.7 Å². The Balaban J connectivity index is 1.69. The average molecular weight is 356 g/mol. The zero-order valence-electron chi connectivity index (χ0n) is 14.0. The molecular formula is C21H12N2O4. The predicted molar refractivity (Wildman–Crippen MR) is 96.9 cm³/mol. The van der Waals surface area contributed by atoms with Crippen LogP contribution in [-0.2, 0) is 4.79 Å². The summed E-state index contributed by atoms with van der Waals surface area (Å²) >= 11 is 0. The Morgan fingerprint density at radius 2 is 1.26 bits per heavy atom. The molecule has 0 unspecified atom stereocenters. The second-order valence-corrected chi connectivity index (χ2v) is 5.37. The molecule has 0 aliphatic heterocycles. The summed E-state index contributed by atoms with van der Waals surface area (Å²) in [5.74, 6) is 1.42. The van der Waals surface area contributed by atoms with Crippen molar-refractivity contribution in [3.63, 3.8) is 0 Å². The van der Waals surface area contributed by atoms with E-state index in [-0.39, 0.29) is 5.78 Å². The maximum Gasteiger partial charge on any atom is 0.292 e. The monoisotopic (exact) mass is 356 g/mol. The lowest BCUT2D eigenvalue weighted by Gasteiger charge is -2.07. The standard InChI is InChI=1S/C21H12N2O4/c22-13-26-18-9-11-20(12-10-18)27-19-7-3-16(4-8-19)21(25)15-1-5-17(6-2-15)23-14-24/h1-12H. The molecule has 0 N–H and O–H groups in total. The minimum Gasteiger partial charge on any atom is -0.457 e. The number of aliphatic imine (C=N–C) groups is 1. The van der Waals surface area contributed by atoms with Crippen LogP contribution in [0.15, 0.2) is 77.8 Å². The average Bonchev–Trinajstić information content (AvgIpc) is 2.71. The van der Waals surface area contributed by atoms with Crippen LogP contribution >= 0.6 is 0 Å². The molecule has 0 saturated heterocycles. The molecule has 6 nitrogen and oxygen atoms in total. The van der Waals surface area contributed by atoms with Gasteiger partial charge < -0.3 is 9.47 Å². The first kappa shape index (κ1) is 17.6. The molecular weight excluding hydrogens is 344 g/mol. The second-order valence-electron chi connectivity index (χ2n) is 5.37. The number of isocyanates is 1. The summed E-state index contributed by atoms with van der Waals surface area (Å²) in [5, 5.41) is 8.46. The van der Waals surface area contributed by atoms with E-state index in [1.807, 2.05) is 0 Å². The highest BCUT2D eigenvalue weighted by molar-refractivity contribution is 6.09. The zero-order valence-corrected chi connectivity index (χ0v) is 14.0. The van der Waals surface area contributed by atoms with Gasteiger partial charge in [-0.25, -0.2) is 4.79 Å². The van der Waals surface area contributed by atoms with Crippen molar-refractivity contribution in [2.75, 3.05) is 0 Å². The van der Waals surface area contributed by atoms with Crippen molar-refractivity contribution >= 4 is 17.6 Å². The topological polar surface area (TPSA) is 88.8 Å². The van der Waals surface area contributed by atoms with Crippen LogP contribution in [0.3, 0.4) is 0 Å². The molecule has 0 atom stereocenters. The van der Waals surface area contributed by atoms with Gasteiger partial charge in [-0.15, -0.1) is 5.26 Å². The van der Waals surface area contributed by atoms with Gasteiger partial charge in [0.1, 0.15) is 17.2 Å². The third-order valence-corrected chi connectivity index (χ3v) is 3.64. The largest absolute Gasteiger partial charge is 0.457 e. The molecule has 0 radical (unpaired) electrons. The zero-order chi connectivity index (χ0) is 19.1. The van der Waals surface area contributed by atoms with E-state index in [1.54, 1.807) is 79.1 Å². The lowest BCUT2D eigenvalue weighted by molar-refractivity contribution is 0.103. The normalized spacial score (nSPS) is 9.59. The Labute approximate surface area is 154 Å². The van der Waals surface area contributed by atoms with Crippen molar-refractivity contribution in [1.82, 2.24) is 0 Å². The molecule has 0 heterocycles. The van der Waals surface area contributed by atoms with E-state index < -0.39 is 0 Å². The summed E-state index contributed by atoms with van der Waals surface area (Å²) in [7, 11) is 0. The van der Waals surface area contributed by atoms with Gasteiger partial charge >= 0.3 is 0 Å². The molecule has 27 heavy (non-hydrogen) atoms. The molecule has 130 valence electrons. The Bertz CT molecular complexity index is 1030. The summed E-state index contributed by atoms with van der Waals surface area (Å²) in [6.45, 7) is 0. The van der Waals surface area contributed by atoms with Gasteiger partial charge in [0.05, 0.1) is 5.69 Å². The summed E-state index contributed by atoms with van der Waals surface area (Å²) < 4.78 is 10.4. The first-order chi connectivity index (χ1) is 13.2. The molecule has 0 amide bonds. The molecule has 0 aliphatic rings. The number of carbonyl (C=O) groups is 1. The number of ketones is 1. The highest BCUT2D eigenvalue weighted by Gasteiger charge is 2.09. The van der Waals surface area contributed by atoms with Crippen LogP contribution in [0.2, 0.25) is 0 Å². The van der Waals surface area contributed by atoms with Crippen LogP contribution in [0, 0.1) is 11.5 Å². The number of nitriles is 1. The third kappa shape index (κ3) is 4.45. The smallest absolute Gasteiger partial charge is 0.292 e. The van der Waals surface area contributed by atoms with E-state index in [0.717, 1.165) is 0 Å². The van der Waals surface area contributed by atoms with Gasteiger partial charge in [-0.1, -0.05) is 0 Å². The molecule has 0 fully saturated rings. The fourth-order valence-corrected chi connectivity index (χ4v) is 2.35. The Morgan fingerprint density at radius 1 is 0.778 bits per heavy atom. The fourth-order valence-electron chi connectivity index (χ4n) is 2.35. The number of benzene rings is 3. The van der Waals surface area contributed by atoms with Crippen molar-refractivity contribution in [3.8, 4) is 23.5 Å². The van der Waals surface area contributed by atoms with Gasteiger partial charge in [0.15, 0.2) is 5.78 Å². The number of hydrogen-bond donors (Lipinski definition) is 0. The van der Waals surface area contributed by atoms with Crippen LogP contribution in [0.1, 0.15) is 15.9 Å². The minimum atomic E-state index is -0.152. The van der Waals surface area contributed by atoms with Gasteiger partial charge in [-0.05, 0) is 72.8 Å². The summed E-state index contributed by atoms with van der Waals surface area (Å²) in [4.78, 5) is 26.2. The van der Waals surface area contributed by atoms with E-state index in [2.05, 4.69) is 4.99 Å². The van der Waals surface area contributed by atoms with Crippen molar-refractivity contribution in [3.05, 3.63) is 83.9 Å². The SMILES string of the molecule is N#COc1ccc(Oc2ccc(C(=O)c3ccc(N=C=O)cc3)cc2)cc1. The van der Waals surface area contributed by atoms with Crippen molar-refractivity contribution < 1.29 is 19.1 Å². The molecule has 3 aromatic carbocycles. The van der Waals surface area contributed by atoms with Gasteiger partial charge in [0.2, 0.25) is 6.08 Å². The van der Waals surface area contributed by atoms with Gasteiger partial charge in [0.25, 0.3) is 6.26 Å². The quantitative estimate of drug-likeness (QED) is 0.280. The van der Waals surface area contributed by atoms with Crippen molar-refractivity contribution in [2.45, 2.75) is 0 Å². The molecule has 0 aliphatic carbocycles. The second kappa shape index (κ2) is 8.26. The molecule has 0 bridgehead atoms. The summed E-state index contributed by atoms with van der Waals surface area (Å²) in [6, 6.07) is 19.7. The highest BCUT2D eigenvalue weighted by atomic mass is 16.5. The third-order valence-electron chi connectivity index (χ3n) is 3.64. The van der Waals surface area contributed by atoms with Gasteiger partial charge in [0, 0.05) is 11.1 Å². The van der Waals surface area contributed by atoms with Crippen LogP contribution in [0.25, 0.3) is 0 Å². The first-order valence-corrected chi connectivity index (χ1v) is 7.86. The van der Waals surface area contributed by atoms with E-state index >= 15 is 0 Å². The summed E-state index contributed by atoms with van der Waals surface area (Å²) in [5.41, 5.74) is 1.44. The van der Waals surface area contributed by atoms with Gasteiger partial charge in [-0.3, -0.25) is 4.79 Å². The fraction of sp³-hybridized carbons (Fsp3) is 0. The molecule has 3 aromatic rings. The van der Waals surface area contributed by atoms with Crippen molar-refractivity contribution in [2.24, 2.45) is 4.99 Å². The van der Waals surface area contributed by atoms with Crippen LogP contribution in [0.4, 0.5) is 5.69 Å². The first-order valence-electron chi connectivity index (χ1n) is 7.86. The molecule has 6 heteroatoms. The molecule has 0 aromatic heterocycles. The number of rotatable bonds is 6. The van der Waals surface area contributed by atoms with E-state index in [0.29, 0.717) is 34.1 Å². The Hall–Kier alpha value is -4.20. The minimum absolute atomic E-state index is 0.152. The Morgan fingerprint density at radius 3 is 1.78 bits per heavy atom. The summed E-state index contributed by atoms with van der Waals surface area (Å²) in [6.07, 6.45) is 3.05. The number of nitrogens with zero attached hydrogens (tertiary/aromatic N) is 2. The van der Waals surface area contributed by atoms with E-state index in [1.165, 1.54) is 6.08 Å². The lowest BCUT2D eigenvalue weighted by atomic mass is 10.0. The molecule has 3 rings (SSSR count). The number of ether oxygens (including phenoxy) is 2.